The quantitative estimate of drug-likeness (QED) is 0.847. The highest BCUT2D eigenvalue weighted by atomic mass is 32.1. The number of aromatic amines is 1. The number of aromatic nitrogens is 4. The Hall–Kier alpha value is -1.49. The summed E-state index contributed by atoms with van der Waals surface area (Å²) in [5.74, 6) is 0.837. The largest absolute Gasteiger partial charge is 0.298 e. The van der Waals surface area contributed by atoms with Crippen molar-refractivity contribution in [3.05, 3.63) is 29.2 Å². The monoisotopic (exact) mass is 246 g/mol. The van der Waals surface area contributed by atoms with Crippen LogP contribution in [-0.4, -0.2) is 19.7 Å². The van der Waals surface area contributed by atoms with Gasteiger partial charge in [-0.1, -0.05) is 13.0 Å². The maximum absolute atomic E-state index is 5.29. The Morgan fingerprint density at radius 3 is 2.94 bits per heavy atom. The van der Waals surface area contributed by atoms with Gasteiger partial charge in [-0.2, -0.15) is 5.10 Å². The van der Waals surface area contributed by atoms with E-state index in [4.69, 9.17) is 12.2 Å². The van der Waals surface area contributed by atoms with Crippen LogP contribution in [0, 0.1) is 10.2 Å². The van der Waals surface area contributed by atoms with Gasteiger partial charge in [0.25, 0.3) is 0 Å². The Morgan fingerprint density at radius 2 is 2.29 bits per heavy atom. The number of rotatable bonds is 3. The molecule has 0 aliphatic heterocycles. The first-order valence-electron chi connectivity index (χ1n) is 5.75. The fraction of sp³-hybridized carbons (Fsp3) is 0.417. The molecule has 0 saturated heterocycles. The predicted molar refractivity (Wildman–Crippen MR) is 68.0 cm³/mol. The third-order valence-corrected chi connectivity index (χ3v) is 3.61. The summed E-state index contributed by atoms with van der Waals surface area (Å²) in [7, 11) is 0. The van der Waals surface area contributed by atoms with Gasteiger partial charge in [-0.25, -0.2) is 0 Å². The van der Waals surface area contributed by atoms with E-state index in [1.165, 1.54) is 12.8 Å². The van der Waals surface area contributed by atoms with Gasteiger partial charge in [-0.05, 0) is 42.6 Å². The van der Waals surface area contributed by atoms with Gasteiger partial charge in [0, 0.05) is 12.7 Å². The molecule has 1 N–H and O–H groups in total. The van der Waals surface area contributed by atoms with Crippen LogP contribution in [0.1, 0.15) is 19.8 Å². The SMILES string of the molecule is CC1(Cn2c(-c3ccccn3)n[nH]c2=S)CC1. The maximum atomic E-state index is 5.29. The third kappa shape index (κ3) is 2.02. The van der Waals surface area contributed by atoms with Crippen molar-refractivity contribution in [1.82, 2.24) is 19.7 Å². The van der Waals surface area contributed by atoms with E-state index in [0.717, 1.165) is 18.1 Å². The second-order valence-electron chi connectivity index (χ2n) is 4.96. The van der Waals surface area contributed by atoms with Gasteiger partial charge in [-0.15, -0.1) is 0 Å². The molecule has 2 heterocycles. The number of hydrogen-bond donors (Lipinski definition) is 1. The van der Waals surface area contributed by atoms with E-state index in [1.54, 1.807) is 6.20 Å². The minimum Gasteiger partial charge on any atom is -0.298 e. The summed E-state index contributed by atoms with van der Waals surface area (Å²) < 4.78 is 2.74. The molecule has 0 spiro atoms. The molecule has 1 saturated carbocycles. The summed E-state index contributed by atoms with van der Waals surface area (Å²) in [6.07, 6.45) is 4.31. The van der Waals surface area contributed by atoms with Crippen LogP contribution in [0.4, 0.5) is 0 Å². The maximum Gasteiger partial charge on any atom is 0.195 e. The molecule has 0 unspecified atom stereocenters. The zero-order valence-electron chi connectivity index (χ0n) is 9.68. The fourth-order valence-electron chi connectivity index (χ4n) is 1.91. The lowest BCUT2D eigenvalue weighted by Crippen LogP contribution is -2.10. The van der Waals surface area contributed by atoms with Gasteiger partial charge >= 0.3 is 0 Å². The second-order valence-corrected chi connectivity index (χ2v) is 5.35. The molecule has 0 radical (unpaired) electrons. The van der Waals surface area contributed by atoms with Crippen molar-refractivity contribution in [1.29, 1.82) is 0 Å². The molecule has 0 atom stereocenters. The number of hydrogen-bond acceptors (Lipinski definition) is 3. The van der Waals surface area contributed by atoms with Gasteiger partial charge in [0.1, 0.15) is 5.69 Å². The van der Waals surface area contributed by atoms with Crippen molar-refractivity contribution >= 4 is 12.2 Å². The zero-order chi connectivity index (χ0) is 11.9. The van der Waals surface area contributed by atoms with Gasteiger partial charge < -0.3 is 0 Å². The number of nitrogens with one attached hydrogen (secondary N) is 1. The van der Waals surface area contributed by atoms with Gasteiger partial charge in [0.05, 0.1) is 0 Å². The minimum atomic E-state index is 0.394. The van der Waals surface area contributed by atoms with Crippen LogP contribution in [0.3, 0.4) is 0 Å². The summed E-state index contributed by atoms with van der Waals surface area (Å²) in [5, 5.41) is 7.14. The van der Waals surface area contributed by atoms with E-state index >= 15 is 0 Å². The van der Waals surface area contributed by atoms with Crippen molar-refractivity contribution in [2.24, 2.45) is 5.41 Å². The van der Waals surface area contributed by atoms with Crippen molar-refractivity contribution in [2.75, 3.05) is 0 Å². The van der Waals surface area contributed by atoms with Crippen molar-refractivity contribution in [3.8, 4) is 11.5 Å². The first kappa shape index (κ1) is 10.7. The lowest BCUT2D eigenvalue weighted by Gasteiger charge is -2.11. The van der Waals surface area contributed by atoms with E-state index < -0.39 is 0 Å². The Kier molecular flexibility index (Phi) is 2.36. The number of pyridine rings is 1. The lowest BCUT2D eigenvalue weighted by atomic mass is 10.1. The molecule has 3 rings (SSSR count). The zero-order valence-corrected chi connectivity index (χ0v) is 10.5. The van der Waals surface area contributed by atoms with E-state index in [1.807, 2.05) is 18.2 Å². The average Bonchev–Trinajstić information content (AvgIpc) is 2.96. The molecule has 1 aliphatic rings. The molecular weight excluding hydrogens is 232 g/mol. The van der Waals surface area contributed by atoms with Crippen molar-refractivity contribution in [2.45, 2.75) is 26.3 Å². The van der Waals surface area contributed by atoms with Crippen LogP contribution in [-0.2, 0) is 6.54 Å². The van der Waals surface area contributed by atoms with Crippen LogP contribution in [0.15, 0.2) is 24.4 Å². The Morgan fingerprint density at radius 1 is 1.47 bits per heavy atom. The van der Waals surface area contributed by atoms with E-state index in [0.29, 0.717) is 10.2 Å². The fourth-order valence-corrected chi connectivity index (χ4v) is 2.10. The van der Waals surface area contributed by atoms with Crippen LogP contribution in [0.25, 0.3) is 11.5 Å². The molecule has 0 aromatic carbocycles. The normalized spacial score (nSPS) is 17.0. The summed E-state index contributed by atoms with van der Waals surface area (Å²) in [4.78, 5) is 4.32. The van der Waals surface area contributed by atoms with E-state index in [2.05, 4.69) is 26.7 Å². The Bertz CT molecular complexity index is 580. The standard InChI is InChI=1S/C12H14N4S/c1-12(5-6-12)8-16-10(14-15-11(16)17)9-4-2-3-7-13-9/h2-4,7H,5-6,8H2,1H3,(H,15,17). The molecule has 88 valence electrons. The highest BCUT2D eigenvalue weighted by Crippen LogP contribution is 2.46. The van der Waals surface area contributed by atoms with Crippen molar-refractivity contribution in [3.63, 3.8) is 0 Å². The van der Waals surface area contributed by atoms with E-state index in [-0.39, 0.29) is 0 Å². The second kappa shape index (κ2) is 3.77. The Balaban J connectivity index is 2.03. The summed E-state index contributed by atoms with van der Waals surface area (Å²) in [5.41, 5.74) is 1.26. The van der Waals surface area contributed by atoms with Gasteiger partial charge in [-0.3, -0.25) is 14.6 Å². The molecule has 0 amide bonds. The smallest absolute Gasteiger partial charge is 0.195 e. The van der Waals surface area contributed by atoms with Crippen LogP contribution < -0.4 is 0 Å². The molecule has 1 aliphatic carbocycles. The molecular formula is C12H14N4S. The number of H-pyrrole nitrogens is 1. The van der Waals surface area contributed by atoms with Gasteiger partial charge in [0.15, 0.2) is 10.6 Å². The summed E-state index contributed by atoms with van der Waals surface area (Å²) in [6.45, 7) is 3.21. The van der Waals surface area contributed by atoms with E-state index in [9.17, 15) is 0 Å². The first-order chi connectivity index (χ1) is 8.18. The Labute approximate surface area is 105 Å². The molecule has 1 fully saturated rings. The molecule has 2 aromatic rings. The first-order valence-corrected chi connectivity index (χ1v) is 6.15. The lowest BCUT2D eigenvalue weighted by molar-refractivity contribution is 0.463. The van der Waals surface area contributed by atoms with Crippen LogP contribution in [0.5, 0.6) is 0 Å². The van der Waals surface area contributed by atoms with Crippen LogP contribution in [0.2, 0.25) is 0 Å². The third-order valence-electron chi connectivity index (χ3n) is 3.30. The minimum absolute atomic E-state index is 0.394. The molecule has 17 heavy (non-hydrogen) atoms. The summed E-state index contributed by atoms with van der Waals surface area (Å²) in [6, 6.07) is 5.82. The highest BCUT2D eigenvalue weighted by molar-refractivity contribution is 7.71. The van der Waals surface area contributed by atoms with Crippen LogP contribution >= 0.6 is 12.2 Å². The van der Waals surface area contributed by atoms with Gasteiger partial charge in [0.2, 0.25) is 0 Å². The predicted octanol–water partition coefficient (Wildman–Crippen LogP) is 2.80. The number of nitrogens with zero attached hydrogens (tertiary/aromatic N) is 3. The average molecular weight is 246 g/mol. The molecule has 0 bridgehead atoms. The summed E-state index contributed by atoms with van der Waals surface area (Å²) >= 11 is 5.29. The molecule has 2 aromatic heterocycles. The molecule has 5 heteroatoms. The van der Waals surface area contributed by atoms with Crippen molar-refractivity contribution < 1.29 is 0 Å². The highest BCUT2D eigenvalue weighted by Gasteiger charge is 2.38. The molecule has 4 nitrogen and oxygen atoms in total. The topological polar surface area (TPSA) is 46.5 Å².